The summed E-state index contributed by atoms with van der Waals surface area (Å²) in [5, 5.41) is 0.490. The van der Waals surface area contributed by atoms with Crippen molar-refractivity contribution in [3.05, 3.63) is 64.9 Å². The number of hydrogen-bond donors (Lipinski definition) is 1. The first-order chi connectivity index (χ1) is 10.4. The zero-order valence-corrected chi connectivity index (χ0v) is 13.3. The Labute approximate surface area is 134 Å². The van der Waals surface area contributed by atoms with Crippen molar-refractivity contribution in [2.75, 3.05) is 6.54 Å². The van der Waals surface area contributed by atoms with Crippen LogP contribution in [0.2, 0.25) is 5.02 Å². The van der Waals surface area contributed by atoms with E-state index in [0.29, 0.717) is 11.6 Å². The highest BCUT2D eigenvalue weighted by molar-refractivity contribution is 7.89. The normalized spacial score (nSPS) is 16.5. The second-order valence-corrected chi connectivity index (χ2v) is 7.77. The summed E-state index contributed by atoms with van der Waals surface area (Å²) in [4.78, 5) is 0.187. The predicted molar refractivity (Wildman–Crippen MR) is 84.0 cm³/mol. The Hall–Kier alpha value is -1.43. The SMILES string of the molecule is O=S(=O)(NCC1(c2ccc(F)cc2)CC1)c1ccc(Cl)cc1. The van der Waals surface area contributed by atoms with Gasteiger partial charge in [0, 0.05) is 17.0 Å². The van der Waals surface area contributed by atoms with Crippen molar-refractivity contribution < 1.29 is 12.8 Å². The van der Waals surface area contributed by atoms with Gasteiger partial charge in [0.25, 0.3) is 0 Å². The van der Waals surface area contributed by atoms with Gasteiger partial charge in [-0.1, -0.05) is 23.7 Å². The van der Waals surface area contributed by atoms with Gasteiger partial charge in [0.2, 0.25) is 10.0 Å². The minimum Gasteiger partial charge on any atom is -0.210 e. The van der Waals surface area contributed by atoms with Gasteiger partial charge in [-0.3, -0.25) is 0 Å². The van der Waals surface area contributed by atoms with Crippen LogP contribution in [-0.4, -0.2) is 15.0 Å². The highest BCUT2D eigenvalue weighted by Gasteiger charge is 2.44. The summed E-state index contributed by atoms with van der Waals surface area (Å²) in [6, 6.07) is 12.3. The van der Waals surface area contributed by atoms with Crippen LogP contribution in [0.3, 0.4) is 0 Å². The number of benzene rings is 2. The molecule has 116 valence electrons. The van der Waals surface area contributed by atoms with E-state index in [1.54, 1.807) is 24.3 Å². The Balaban J connectivity index is 1.74. The zero-order chi connectivity index (χ0) is 15.8. The van der Waals surface area contributed by atoms with Crippen LogP contribution >= 0.6 is 11.6 Å². The number of nitrogens with one attached hydrogen (secondary N) is 1. The molecule has 0 bridgehead atoms. The van der Waals surface area contributed by atoms with E-state index in [1.807, 2.05) is 0 Å². The van der Waals surface area contributed by atoms with E-state index < -0.39 is 10.0 Å². The van der Waals surface area contributed by atoms with Crippen molar-refractivity contribution >= 4 is 21.6 Å². The van der Waals surface area contributed by atoms with Crippen LogP contribution in [0.25, 0.3) is 0 Å². The molecule has 3 nitrogen and oxygen atoms in total. The van der Waals surface area contributed by atoms with Crippen molar-refractivity contribution in [3.63, 3.8) is 0 Å². The topological polar surface area (TPSA) is 46.2 Å². The maximum atomic E-state index is 13.0. The van der Waals surface area contributed by atoms with Crippen LogP contribution in [0.1, 0.15) is 18.4 Å². The lowest BCUT2D eigenvalue weighted by Gasteiger charge is -2.17. The summed E-state index contributed by atoms with van der Waals surface area (Å²) in [6.07, 6.45) is 1.78. The van der Waals surface area contributed by atoms with Gasteiger partial charge in [-0.2, -0.15) is 0 Å². The van der Waals surface area contributed by atoms with E-state index in [1.165, 1.54) is 24.3 Å². The molecule has 22 heavy (non-hydrogen) atoms. The van der Waals surface area contributed by atoms with Gasteiger partial charge in [-0.15, -0.1) is 0 Å². The van der Waals surface area contributed by atoms with E-state index in [-0.39, 0.29) is 16.1 Å². The van der Waals surface area contributed by atoms with Crippen LogP contribution < -0.4 is 4.72 Å². The first-order valence-electron chi connectivity index (χ1n) is 6.93. The lowest BCUT2D eigenvalue weighted by molar-refractivity contribution is 0.566. The molecule has 3 rings (SSSR count). The van der Waals surface area contributed by atoms with E-state index in [0.717, 1.165) is 18.4 Å². The molecule has 2 aromatic rings. The third-order valence-electron chi connectivity index (χ3n) is 4.03. The van der Waals surface area contributed by atoms with Crippen molar-refractivity contribution in [2.45, 2.75) is 23.2 Å². The van der Waals surface area contributed by atoms with Crippen molar-refractivity contribution in [3.8, 4) is 0 Å². The summed E-state index contributed by atoms with van der Waals surface area (Å²) < 4.78 is 40.2. The van der Waals surface area contributed by atoms with Crippen LogP contribution in [0.15, 0.2) is 53.4 Å². The molecule has 0 spiro atoms. The van der Waals surface area contributed by atoms with Gasteiger partial charge >= 0.3 is 0 Å². The molecule has 0 atom stereocenters. The predicted octanol–water partition coefficient (Wildman–Crippen LogP) is 3.49. The lowest BCUT2D eigenvalue weighted by atomic mass is 9.96. The molecule has 1 fully saturated rings. The maximum absolute atomic E-state index is 13.0. The van der Waals surface area contributed by atoms with Crippen LogP contribution in [0, 0.1) is 5.82 Å². The quantitative estimate of drug-likeness (QED) is 0.906. The minimum absolute atomic E-state index is 0.187. The summed E-state index contributed by atoms with van der Waals surface area (Å²) in [6.45, 7) is 0.309. The molecular weight excluding hydrogens is 325 g/mol. The Morgan fingerprint density at radius 3 is 2.18 bits per heavy atom. The number of sulfonamides is 1. The third kappa shape index (κ3) is 3.16. The van der Waals surface area contributed by atoms with Crippen LogP contribution in [-0.2, 0) is 15.4 Å². The van der Waals surface area contributed by atoms with E-state index in [9.17, 15) is 12.8 Å². The Morgan fingerprint density at radius 2 is 1.64 bits per heavy atom. The van der Waals surface area contributed by atoms with E-state index >= 15 is 0 Å². The fraction of sp³-hybridized carbons (Fsp3) is 0.250. The summed E-state index contributed by atoms with van der Waals surface area (Å²) in [5.41, 5.74) is 0.750. The average molecular weight is 340 g/mol. The number of hydrogen-bond acceptors (Lipinski definition) is 2. The Kier molecular flexibility index (Phi) is 3.97. The summed E-state index contributed by atoms with van der Waals surface area (Å²) in [7, 11) is -3.57. The summed E-state index contributed by atoms with van der Waals surface area (Å²) in [5.74, 6) is -0.290. The fourth-order valence-electron chi connectivity index (χ4n) is 2.45. The minimum atomic E-state index is -3.57. The molecule has 2 aromatic carbocycles. The zero-order valence-electron chi connectivity index (χ0n) is 11.7. The monoisotopic (exact) mass is 339 g/mol. The largest absolute Gasteiger partial charge is 0.240 e. The van der Waals surface area contributed by atoms with Crippen molar-refractivity contribution in [2.24, 2.45) is 0 Å². The number of halogens is 2. The second kappa shape index (κ2) is 5.65. The molecule has 0 radical (unpaired) electrons. The average Bonchev–Trinajstić information content (AvgIpc) is 3.28. The van der Waals surface area contributed by atoms with Crippen LogP contribution in [0.4, 0.5) is 4.39 Å². The Morgan fingerprint density at radius 1 is 1.05 bits per heavy atom. The van der Waals surface area contributed by atoms with E-state index in [4.69, 9.17) is 11.6 Å². The molecule has 0 amide bonds. The van der Waals surface area contributed by atoms with Gasteiger partial charge in [0.05, 0.1) is 4.90 Å². The highest BCUT2D eigenvalue weighted by atomic mass is 35.5. The van der Waals surface area contributed by atoms with Crippen LogP contribution in [0.5, 0.6) is 0 Å². The van der Waals surface area contributed by atoms with Gasteiger partial charge < -0.3 is 0 Å². The Bertz CT molecular complexity index is 769. The standard InChI is InChI=1S/C16H15ClFNO2S/c17-13-3-7-15(8-4-13)22(20,21)19-11-16(9-10-16)12-1-5-14(18)6-2-12/h1-8,19H,9-11H2. The summed E-state index contributed by atoms with van der Waals surface area (Å²) >= 11 is 5.77. The molecule has 1 N–H and O–H groups in total. The molecule has 6 heteroatoms. The van der Waals surface area contributed by atoms with Crippen molar-refractivity contribution in [1.82, 2.24) is 4.72 Å². The molecule has 0 aromatic heterocycles. The molecule has 1 aliphatic carbocycles. The van der Waals surface area contributed by atoms with Gasteiger partial charge in [0.1, 0.15) is 5.82 Å². The molecule has 1 aliphatic rings. The first kappa shape index (κ1) is 15.5. The smallest absolute Gasteiger partial charge is 0.210 e. The fourth-order valence-corrected chi connectivity index (χ4v) is 3.71. The molecular formula is C16H15ClFNO2S. The molecule has 0 unspecified atom stereocenters. The molecule has 0 aliphatic heterocycles. The lowest BCUT2D eigenvalue weighted by Crippen LogP contribution is -2.32. The van der Waals surface area contributed by atoms with Gasteiger partial charge in [-0.25, -0.2) is 17.5 Å². The van der Waals surface area contributed by atoms with E-state index in [2.05, 4.69) is 4.72 Å². The maximum Gasteiger partial charge on any atom is 0.240 e. The van der Waals surface area contributed by atoms with Gasteiger partial charge in [0.15, 0.2) is 0 Å². The first-order valence-corrected chi connectivity index (χ1v) is 8.79. The molecule has 0 heterocycles. The molecule has 1 saturated carbocycles. The van der Waals surface area contributed by atoms with Gasteiger partial charge in [-0.05, 0) is 54.8 Å². The highest BCUT2D eigenvalue weighted by Crippen LogP contribution is 2.47. The third-order valence-corrected chi connectivity index (χ3v) is 5.70. The van der Waals surface area contributed by atoms with Crippen molar-refractivity contribution in [1.29, 1.82) is 0 Å². The molecule has 0 saturated heterocycles. The second-order valence-electron chi connectivity index (χ2n) is 5.57. The number of rotatable bonds is 5.